The Morgan fingerprint density at radius 3 is 2.61 bits per heavy atom. The van der Waals surface area contributed by atoms with Crippen molar-refractivity contribution in [3.8, 4) is 5.75 Å². The first-order valence-electron chi connectivity index (χ1n) is 12.8. The number of hydrogen-bond acceptors (Lipinski definition) is 4. The predicted molar refractivity (Wildman–Crippen MR) is 138 cm³/mol. The van der Waals surface area contributed by atoms with Crippen molar-refractivity contribution in [2.45, 2.75) is 57.8 Å². The van der Waals surface area contributed by atoms with Crippen LogP contribution in [0.1, 0.15) is 63.4 Å². The quantitative estimate of drug-likeness (QED) is 0.252. The molecule has 0 radical (unpaired) electrons. The maximum Gasteiger partial charge on any atom is 0.241 e. The molecular formula is C28H41N3O2. The highest BCUT2D eigenvalue weighted by Crippen LogP contribution is 2.26. The Labute approximate surface area is 200 Å². The van der Waals surface area contributed by atoms with Crippen molar-refractivity contribution < 1.29 is 9.53 Å². The summed E-state index contributed by atoms with van der Waals surface area (Å²) < 4.78 is 5.93. The van der Waals surface area contributed by atoms with E-state index in [9.17, 15) is 4.79 Å². The van der Waals surface area contributed by atoms with Gasteiger partial charge < -0.3 is 15.0 Å². The Balaban J connectivity index is 1.38. The van der Waals surface area contributed by atoms with E-state index >= 15 is 0 Å². The lowest BCUT2D eigenvalue weighted by molar-refractivity contribution is -0.119. The minimum atomic E-state index is -0.0181. The van der Waals surface area contributed by atoms with Gasteiger partial charge in [0.25, 0.3) is 0 Å². The number of ether oxygens (including phenoxy) is 1. The normalized spacial score (nSPS) is 18.0. The lowest BCUT2D eigenvalue weighted by Gasteiger charge is -2.26. The number of aliphatic imine (C=N–C) groups is 1. The molecule has 0 unspecified atom stereocenters. The highest BCUT2D eigenvalue weighted by atomic mass is 16.5. The molecule has 2 aliphatic rings. The molecule has 1 aromatic rings. The molecule has 1 saturated heterocycles. The molecular weight excluding hydrogens is 410 g/mol. The number of hydrogen-bond donors (Lipinski definition) is 1. The van der Waals surface area contributed by atoms with Crippen LogP contribution < -0.4 is 10.1 Å². The van der Waals surface area contributed by atoms with E-state index in [2.05, 4.69) is 21.8 Å². The predicted octanol–water partition coefficient (Wildman–Crippen LogP) is 5.28. The van der Waals surface area contributed by atoms with E-state index in [0.717, 1.165) is 55.3 Å². The lowest BCUT2D eigenvalue weighted by atomic mass is 10.0. The zero-order valence-electron chi connectivity index (χ0n) is 20.1. The molecule has 0 bridgehead atoms. The largest absolute Gasteiger partial charge is 0.494 e. The van der Waals surface area contributed by atoms with Crippen molar-refractivity contribution in [3.63, 3.8) is 0 Å². The number of nitrogens with one attached hydrogen (secondary N) is 1. The number of likely N-dealkylation sites (tertiary alicyclic amines) is 1. The van der Waals surface area contributed by atoms with Gasteiger partial charge in [-0.15, -0.1) is 0 Å². The van der Waals surface area contributed by atoms with Crippen molar-refractivity contribution in [1.29, 1.82) is 0 Å². The number of nitrogens with zero attached hydrogens (tertiary/aromatic N) is 2. The minimum Gasteiger partial charge on any atom is -0.494 e. The summed E-state index contributed by atoms with van der Waals surface area (Å²) >= 11 is 0. The monoisotopic (exact) mass is 451 g/mol. The highest BCUT2D eigenvalue weighted by Gasteiger charge is 2.14. The van der Waals surface area contributed by atoms with Gasteiger partial charge in [-0.1, -0.05) is 63.0 Å². The first kappa shape index (κ1) is 25.2. The Bertz CT molecular complexity index is 773. The summed E-state index contributed by atoms with van der Waals surface area (Å²) in [6.07, 6.45) is 16.9. The molecule has 5 heteroatoms. The Morgan fingerprint density at radius 2 is 1.88 bits per heavy atom. The summed E-state index contributed by atoms with van der Waals surface area (Å²) in [5.74, 6) is 1.65. The van der Waals surface area contributed by atoms with Crippen LogP contribution in [0.2, 0.25) is 0 Å². The number of rotatable bonds is 13. The van der Waals surface area contributed by atoms with E-state index < -0.39 is 0 Å². The number of allylic oxidation sites excluding steroid dienone is 3. The molecule has 180 valence electrons. The molecule has 1 aromatic carbocycles. The van der Waals surface area contributed by atoms with Crippen molar-refractivity contribution in [2.75, 3.05) is 39.3 Å². The average Bonchev–Trinajstić information content (AvgIpc) is 3.36. The van der Waals surface area contributed by atoms with Crippen LogP contribution in [0.5, 0.6) is 5.75 Å². The number of benzene rings is 1. The van der Waals surface area contributed by atoms with Crippen LogP contribution >= 0.6 is 0 Å². The summed E-state index contributed by atoms with van der Waals surface area (Å²) in [6, 6.07) is 8.06. The summed E-state index contributed by atoms with van der Waals surface area (Å²) in [6.45, 7) is 9.04. The molecule has 1 aliphatic carbocycles. The first-order chi connectivity index (χ1) is 16.2. The molecule has 33 heavy (non-hydrogen) atoms. The van der Waals surface area contributed by atoms with Crippen LogP contribution in [0.15, 0.2) is 48.0 Å². The van der Waals surface area contributed by atoms with Crippen LogP contribution in [0.25, 0.3) is 5.57 Å². The van der Waals surface area contributed by atoms with Gasteiger partial charge in [-0.2, -0.15) is 0 Å². The summed E-state index contributed by atoms with van der Waals surface area (Å²) in [5.41, 5.74) is 1.96. The zero-order valence-corrected chi connectivity index (χ0v) is 20.1. The highest BCUT2D eigenvalue weighted by molar-refractivity contribution is 6.10. The molecule has 1 N–H and O–H groups in total. The summed E-state index contributed by atoms with van der Waals surface area (Å²) in [5, 5.41) is 3.00. The van der Waals surface area contributed by atoms with Gasteiger partial charge in [-0.3, -0.25) is 9.79 Å². The molecule has 3 rings (SSSR count). The van der Waals surface area contributed by atoms with Crippen LogP contribution in [-0.4, -0.2) is 56.4 Å². The fourth-order valence-electron chi connectivity index (χ4n) is 4.74. The molecule has 0 atom stereocenters. The Morgan fingerprint density at radius 1 is 1.12 bits per heavy atom. The van der Waals surface area contributed by atoms with E-state index in [-0.39, 0.29) is 12.5 Å². The third-order valence-corrected chi connectivity index (χ3v) is 6.64. The van der Waals surface area contributed by atoms with Gasteiger partial charge in [-0.05, 0) is 68.0 Å². The first-order valence-corrected chi connectivity index (χ1v) is 12.8. The van der Waals surface area contributed by atoms with Gasteiger partial charge in [0.2, 0.25) is 5.91 Å². The summed E-state index contributed by atoms with van der Waals surface area (Å²) in [7, 11) is 0. The van der Waals surface area contributed by atoms with Crippen LogP contribution in [-0.2, 0) is 4.79 Å². The van der Waals surface area contributed by atoms with Gasteiger partial charge in [0, 0.05) is 19.3 Å². The Hall–Kier alpha value is -2.40. The second kappa shape index (κ2) is 14.7. The van der Waals surface area contributed by atoms with Crippen molar-refractivity contribution in [2.24, 2.45) is 10.9 Å². The van der Waals surface area contributed by atoms with Gasteiger partial charge in [0.1, 0.15) is 12.3 Å². The molecule has 1 aliphatic heterocycles. The third-order valence-electron chi connectivity index (χ3n) is 6.64. The van der Waals surface area contributed by atoms with Gasteiger partial charge >= 0.3 is 0 Å². The van der Waals surface area contributed by atoms with Crippen molar-refractivity contribution in [1.82, 2.24) is 10.2 Å². The molecule has 0 spiro atoms. The topological polar surface area (TPSA) is 53.9 Å². The van der Waals surface area contributed by atoms with E-state index in [1.807, 2.05) is 30.3 Å². The number of carbonyl (C=O) groups excluding carboxylic acids is 1. The zero-order chi connectivity index (χ0) is 23.1. The molecule has 1 saturated carbocycles. The van der Waals surface area contributed by atoms with Crippen LogP contribution in [0, 0.1) is 5.92 Å². The number of piperidine rings is 1. The van der Waals surface area contributed by atoms with E-state index in [0.29, 0.717) is 0 Å². The average molecular weight is 452 g/mol. The van der Waals surface area contributed by atoms with Crippen LogP contribution in [0.3, 0.4) is 0 Å². The molecule has 1 amide bonds. The van der Waals surface area contributed by atoms with Crippen LogP contribution in [0.4, 0.5) is 0 Å². The molecule has 2 fully saturated rings. The van der Waals surface area contributed by atoms with E-state index in [1.165, 1.54) is 58.0 Å². The second-order valence-electron chi connectivity index (χ2n) is 9.25. The fourth-order valence-corrected chi connectivity index (χ4v) is 4.74. The number of carbonyl (C=O) groups is 1. The lowest BCUT2D eigenvalue weighted by Crippen LogP contribution is -2.31. The molecule has 0 aromatic heterocycles. The molecule has 1 heterocycles. The van der Waals surface area contributed by atoms with E-state index in [1.54, 1.807) is 12.3 Å². The smallest absolute Gasteiger partial charge is 0.241 e. The standard InChI is InChI=1S/C28H41N3O2/c1-2-9-26(22-29-23-28(32)30-17-16-24-10-4-5-11-24)25-12-14-27(15-13-25)33-21-8-20-31-18-6-3-7-19-31/h2,9,12-15,22,24H,1,3-8,10-11,16-21,23H2,(H,30,32)/b26-9+,29-22?. The van der Waals surface area contributed by atoms with E-state index in [4.69, 9.17) is 4.74 Å². The Kier molecular flexibility index (Phi) is 11.2. The third kappa shape index (κ3) is 9.55. The summed E-state index contributed by atoms with van der Waals surface area (Å²) in [4.78, 5) is 19.0. The minimum absolute atomic E-state index is 0.0181. The maximum absolute atomic E-state index is 12.1. The fraction of sp³-hybridized carbons (Fsp3) is 0.571. The SMILES string of the molecule is C=C/C=C(\C=NCC(=O)NCCC1CCCC1)c1ccc(OCCCN2CCCCC2)cc1. The van der Waals surface area contributed by atoms with Gasteiger partial charge in [0.05, 0.1) is 6.61 Å². The van der Waals surface area contributed by atoms with Gasteiger partial charge in [-0.25, -0.2) is 0 Å². The van der Waals surface area contributed by atoms with Gasteiger partial charge in [0.15, 0.2) is 0 Å². The van der Waals surface area contributed by atoms with Crippen molar-refractivity contribution in [3.05, 3.63) is 48.6 Å². The number of amides is 1. The maximum atomic E-state index is 12.1. The second-order valence-corrected chi connectivity index (χ2v) is 9.25. The molecule has 5 nitrogen and oxygen atoms in total. The van der Waals surface area contributed by atoms with Crippen molar-refractivity contribution >= 4 is 17.7 Å².